The molecule has 7 nitrogen and oxygen atoms in total. The molecule has 0 N–H and O–H groups in total. The summed E-state index contributed by atoms with van der Waals surface area (Å²) in [6.07, 6.45) is 6.28. The van der Waals surface area contributed by atoms with Gasteiger partial charge in [0.25, 0.3) is 0 Å². The zero-order valence-electron chi connectivity index (χ0n) is 17.7. The van der Waals surface area contributed by atoms with Gasteiger partial charge in [0, 0.05) is 5.56 Å². The van der Waals surface area contributed by atoms with E-state index in [1.165, 1.54) is 11.1 Å². The van der Waals surface area contributed by atoms with Crippen molar-refractivity contribution in [3.05, 3.63) is 69.3 Å². The first-order valence-corrected chi connectivity index (χ1v) is 10.4. The van der Waals surface area contributed by atoms with Gasteiger partial charge in [-0.05, 0) is 84.2 Å². The van der Waals surface area contributed by atoms with Gasteiger partial charge in [-0.3, -0.25) is 0 Å². The Morgan fingerprint density at radius 1 is 1.19 bits per heavy atom. The Kier molecular flexibility index (Phi) is 7.09. The number of hydrogen-bond acceptors (Lipinski definition) is 6. The highest BCUT2D eigenvalue weighted by molar-refractivity contribution is 9.10. The molecule has 0 unspecified atom stereocenters. The fraction of sp³-hybridized carbons (Fsp3) is 0.167. The van der Waals surface area contributed by atoms with Crippen molar-refractivity contribution in [1.82, 2.24) is 9.97 Å². The molecular weight excluding hydrogens is 472 g/mol. The number of aryl methyl sites for hydroxylation is 2. The molecule has 1 aromatic heterocycles. The Hall–Kier alpha value is -3.88. The zero-order valence-corrected chi connectivity index (χ0v) is 19.3. The fourth-order valence-corrected chi connectivity index (χ4v) is 3.26. The lowest BCUT2D eigenvalue weighted by atomic mass is 10.1. The van der Waals surface area contributed by atoms with Crippen LogP contribution < -0.4 is 9.64 Å². The molecule has 1 heterocycles. The average molecular weight is 491 g/mol. The van der Waals surface area contributed by atoms with Gasteiger partial charge in [0.05, 0.1) is 34.6 Å². The molecule has 8 heteroatoms. The number of nitrogens with zero attached hydrogens (tertiary/aromatic N) is 4. The van der Waals surface area contributed by atoms with E-state index in [1.807, 2.05) is 13.8 Å². The fourth-order valence-electron chi connectivity index (χ4n) is 2.99. The van der Waals surface area contributed by atoms with Gasteiger partial charge >= 0.3 is 6.09 Å². The van der Waals surface area contributed by atoms with E-state index in [2.05, 4.69) is 37.9 Å². The Bertz CT molecular complexity index is 1220. The van der Waals surface area contributed by atoms with E-state index in [4.69, 9.17) is 21.2 Å². The normalized spacial score (nSPS) is 10.1. The van der Waals surface area contributed by atoms with E-state index < -0.39 is 6.09 Å². The van der Waals surface area contributed by atoms with Crippen LogP contribution in [0.4, 0.5) is 16.4 Å². The molecule has 0 spiro atoms. The van der Waals surface area contributed by atoms with E-state index in [1.54, 1.807) is 43.3 Å². The Labute approximate surface area is 194 Å². The third-order valence-electron chi connectivity index (χ3n) is 4.43. The standard InChI is InChI=1S/C24H19BrN4O3/c1-5-17-7-9-19(10-8-17)29(24(30)31-6-2)23-27-14-20(25)22(28-23)32-21-15(3)11-18(13-26)12-16(21)4/h1,7-12,14H,6H2,2-4H3. The third-order valence-corrected chi connectivity index (χ3v) is 4.97. The number of amides is 1. The highest BCUT2D eigenvalue weighted by atomic mass is 79.9. The summed E-state index contributed by atoms with van der Waals surface area (Å²) in [6.45, 7) is 5.58. The topological polar surface area (TPSA) is 88.3 Å². The van der Waals surface area contributed by atoms with Crippen molar-refractivity contribution in [1.29, 1.82) is 5.26 Å². The van der Waals surface area contributed by atoms with Gasteiger partial charge < -0.3 is 9.47 Å². The molecular formula is C24H19BrN4O3. The van der Waals surface area contributed by atoms with Crippen LogP contribution in [-0.4, -0.2) is 22.7 Å². The van der Waals surface area contributed by atoms with E-state index in [0.29, 0.717) is 27.0 Å². The molecule has 32 heavy (non-hydrogen) atoms. The number of carbonyl (C=O) groups is 1. The second-order valence-corrected chi connectivity index (χ2v) is 7.56. The second kappa shape index (κ2) is 9.95. The van der Waals surface area contributed by atoms with Crippen molar-refractivity contribution in [3.63, 3.8) is 0 Å². The van der Waals surface area contributed by atoms with Crippen molar-refractivity contribution in [2.45, 2.75) is 20.8 Å². The van der Waals surface area contributed by atoms with Crippen LogP contribution in [0, 0.1) is 37.5 Å². The number of ether oxygens (including phenoxy) is 2. The minimum atomic E-state index is -0.639. The maximum Gasteiger partial charge on any atom is 0.421 e. The lowest BCUT2D eigenvalue weighted by molar-refractivity contribution is 0.162. The van der Waals surface area contributed by atoms with Crippen LogP contribution in [0.5, 0.6) is 11.6 Å². The molecule has 160 valence electrons. The zero-order chi connectivity index (χ0) is 23.3. The molecule has 0 saturated heterocycles. The Morgan fingerprint density at radius 3 is 2.41 bits per heavy atom. The number of hydrogen-bond donors (Lipinski definition) is 0. The van der Waals surface area contributed by atoms with E-state index in [9.17, 15) is 4.79 Å². The van der Waals surface area contributed by atoms with Gasteiger partial charge in [-0.2, -0.15) is 10.2 Å². The largest absolute Gasteiger partial charge is 0.449 e. The van der Waals surface area contributed by atoms with E-state index in [0.717, 1.165) is 11.1 Å². The van der Waals surface area contributed by atoms with Crippen molar-refractivity contribution >= 4 is 33.7 Å². The minimum absolute atomic E-state index is 0.0686. The number of aromatic nitrogens is 2. The molecule has 2 aromatic carbocycles. The van der Waals surface area contributed by atoms with Gasteiger partial charge in [-0.25, -0.2) is 14.7 Å². The Balaban J connectivity index is 2.05. The number of anilines is 2. The van der Waals surface area contributed by atoms with Gasteiger partial charge in [0.1, 0.15) is 5.75 Å². The predicted molar refractivity (Wildman–Crippen MR) is 124 cm³/mol. The van der Waals surface area contributed by atoms with Crippen LogP contribution in [0.1, 0.15) is 29.2 Å². The molecule has 0 radical (unpaired) electrons. The van der Waals surface area contributed by atoms with Crippen LogP contribution in [0.3, 0.4) is 0 Å². The summed E-state index contributed by atoms with van der Waals surface area (Å²) in [5.74, 6) is 3.38. The second-order valence-electron chi connectivity index (χ2n) is 6.70. The van der Waals surface area contributed by atoms with Crippen molar-refractivity contribution in [3.8, 4) is 30.0 Å². The summed E-state index contributed by atoms with van der Waals surface area (Å²) in [4.78, 5) is 22.7. The Morgan fingerprint density at radius 2 is 1.84 bits per heavy atom. The highest BCUT2D eigenvalue weighted by Crippen LogP contribution is 2.34. The number of halogens is 1. The predicted octanol–water partition coefficient (Wildman–Crippen LogP) is 5.80. The average Bonchev–Trinajstić information content (AvgIpc) is 2.78. The molecule has 0 fully saturated rings. The first-order valence-electron chi connectivity index (χ1n) is 9.63. The van der Waals surface area contributed by atoms with Crippen LogP contribution in [0.25, 0.3) is 0 Å². The van der Waals surface area contributed by atoms with E-state index in [-0.39, 0.29) is 18.4 Å². The lowest BCUT2D eigenvalue weighted by Crippen LogP contribution is -2.28. The third kappa shape index (κ3) is 4.88. The van der Waals surface area contributed by atoms with Gasteiger partial charge in [0.15, 0.2) is 0 Å². The number of terminal acetylenes is 1. The van der Waals surface area contributed by atoms with Crippen molar-refractivity contribution < 1.29 is 14.3 Å². The van der Waals surface area contributed by atoms with Gasteiger partial charge in [-0.1, -0.05) is 5.92 Å². The molecule has 3 rings (SSSR count). The summed E-state index contributed by atoms with van der Waals surface area (Å²) >= 11 is 3.40. The monoisotopic (exact) mass is 490 g/mol. The number of rotatable bonds is 5. The molecule has 0 aliphatic heterocycles. The molecule has 0 aliphatic carbocycles. The quantitative estimate of drug-likeness (QED) is 0.420. The minimum Gasteiger partial charge on any atom is -0.449 e. The summed E-state index contributed by atoms with van der Waals surface area (Å²) in [6, 6.07) is 12.4. The van der Waals surface area contributed by atoms with Crippen LogP contribution in [0.2, 0.25) is 0 Å². The van der Waals surface area contributed by atoms with Gasteiger partial charge in [-0.15, -0.1) is 6.42 Å². The van der Waals surface area contributed by atoms with Gasteiger partial charge in [0.2, 0.25) is 11.8 Å². The van der Waals surface area contributed by atoms with Crippen LogP contribution in [0.15, 0.2) is 47.1 Å². The number of benzene rings is 2. The molecule has 0 bridgehead atoms. The van der Waals surface area contributed by atoms with Crippen molar-refractivity contribution in [2.24, 2.45) is 0 Å². The molecule has 0 saturated carbocycles. The molecule has 1 amide bonds. The van der Waals surface area contributed by atoms with Crippen LogP contribution in [-0.2, 0) is 4.74 Å². The summed E-state index contributed by atoms with van der Waals surface area (Å²) < 4.78 is 11.8. The first kappa shape index (κ1) is 22.8. The van der Waals surface area contributed by atoms with E-state index >= 15 is 0 Å². The van der Waals surface area contributed by atoms with Crippen molar-refractivity contribution in [2.75, 3.05) is 11.5 Å². The van der Waals surface area contributed by atoms with Crippen LogP contribution >= 0.6 is 15.9 Å². The maximum absolute atomic E-state index is 12.7. The molecule has 0 atom stereocenters. The lowest BCUT2D eigenvalue weighted by Gasteiger charge is -2.21. The summed E-state index contributed by atoms with van der Waals surface area (Å²) in [5, 5.41) is 9.17. The maximum atomic E-state index is 12.7. The number of nitriles is 1. The SMILES string of the molecule is C#Cc1ccc(N(C(=O)OCC)c2ncc(Br)c(Oc3c(C)cc(C#N)cc3C)n2)cc1. The molecule has 0 aliphatic rings. The smallest absolute Gasteiger partial charge is 0.421 e. The summed E-state index contributed by atoms with van der Waals surface area (Å²) in [7, 11) is 0. The highest BCUT2D eigenvalue weighted by Gasteiger charge is 2.24. The molecule has 3 aromatic rings. The first-order chi connectivity index (χ1) is 15.4. The summed E-state index contributed by atoms with van der Waals surface area (Å²) in [5.41, 5.74) is 3.26. The number of carbonyl (C=O) groups excluding carboxylic acids is 1.